The second-order valence-corrected chi connectivity index (χ2v) is 7.46. The molecule has 0 spiro atoms. The number of carbonyl (C=O) groups is 1. The van der Waals surface area contributed by atoms with E-state index in [1.165, 1.54) is 0 Å². The number of esters is 1. The van der Waals surface area contributed by atoms with Crippen molar-refractivity contribution in [1.82, 2.24) is 4.57 Å². The van der Waals surface area contributed by atoms with Crippen LogP contribution in [0.3, 0.4) is 0 Å². The van der Waals surface area contributed by atoms with Crippen LogP contribution in [0.1, 0.15) is 5.56 Å². The molecule has 22 heavy (non-hydrogen) atoms. The lowest BCUT2D eigenvalue weighted by atomic mass is 10.2. The van der Waals surface area contributed by atoms with Crippen LogP contribution < -0.4 is 5.43 Å². The van der Waals surface area contributed by atoms with Crippen LogP contribution in [0.15, 0.2) is 35.4 Å². The van der Waals surface area contributed by atoms with E-state index in [0.717, 1.165) is 0 Å². The highest BCUT2D eigenvalue weighted by Gasteiger charge is 2.11. The van der Waals surface area contributed by atoms with Crippen molar-refractivity contribution < 1.29 is 9.53 Å². The van der Waals surface area contributed by atoms with E-state index in [0.29, 0.717) is 22.7 Å². The lowest BCUT2D eigenvalue weighted by molar-refractivity contribution is -0.145. The number of halogens is 4. The van der Waals surface area contributed by atoms with Gasteiger partial charge in [0.25, 0.3) is 0 Å². The molecule has 0 saturated carbocycles. The molecule has 0 aliphatic heterocycles. The molecule has 1 aromatic carbocycles. The van der Waals surface area contributed by atoms with Crippen molar-refractivity contribution in [3.63, 3.8) is 0 Å². The first kappa shape index (κ1) is 18.0. The van der Waals surface area contributed by atoms with Crippen LogP contribution in [0.2, 0.25) is 10.0 Å². The van der Waals surface area contributed by atoms with Crippen LogP contribution in [0.4, 0.5) is 0 Å². The van der Waals surface area contributed by atoms with Crippen molar-refractivity contribution in [1.29, 1.82) is 0 Å². The number of carbonyl (C=O) groups excluding carboxylic acids is 1. The zero-order chi connectivity index (χ0) is 16.3. The fourth-order valence-corrected chi connectivity index (χ4v) is 3.99. The smallest absolute Gasteiger partial charge is 0.326 e. The molecule has 116 valence electrons. The van der Waals surface area contributed by atoms with Crippen LogP contribution in [-0.4, -0.2) is 10.5 Å². The van der Waals surface area contributed by atoms with Crippen LogP contribution in [0.5, 0.6) is 0 Å². The molecule has 0 radical (unpaired) electrons. The minimum Gasteiger partial charge on any atom is -0.459 e. The molecule has 0 fully saturated rings. The van der Waals surface area contributed by atoms with E-state index in [-0.39, 0.29) is 18.6 Å². The normalized spacial score (nSPS) is 10.5. The van der Waals surface area contributed by atoms with E-state index in [2.05, 4.69) is 0 Å². The summed E-state index contributed by atoms with van der Waals surface area (Å²) in [6.07, 6.45) is 3.21. The summed E-state index contributed by atoms with van der Waals surface area (Å²) in [6.45, 7) is 0.0140. The summed E-state index contributed by atoms with van der Waals surface area (Å²) in [5.74, 6) is -0.439. The number of benzene rings is 1. The summed E-state index contributed by atoms with van der Waals surface area (Å²) in [7, 11) is 0. The molecule has 0 aliphatic rings. The van der Waals surface area contributed by atoms with E-state index >= 15 is 0 Å². The van der Waals surface area contributed by atoms with Crippen molar-refractivity contribution in [2.45, 2.75) is 13.2 Å². The average Bonchev–Trinajstić information content (AvgIpc) is 2.44. The number of ether oxygens (including phenoxy) is 1. The van der Waals surface area contributed by atoms with Crippen molar-refractivity contribution in [3.05, 3.63) is 63.6 Å². The van der Waals surface area contributed by atoms with Crippen LogP contribution >= 0.6 is 68.4 Å². The molecule has 1 heterocycles. The Labute approximate surface area is 164 Å². The van der Waals surface area contributed by atoms with E-state index in [9.17, 15) is 9.59 Å². The van der Waals surface area contributed by atoms with Gasteiger partial charge < -0.3 is 9.30 Å². The molecule has 0 aliphatic carbocycles. The van der Waals surface area contributed by atoms with Crippen LogP contribution in [0.25, 0.3) is 0 Å². The number of hydrogen-bond acceptors (Lipinski definition) is 3. The second kappa shape index (κ2) is 7.98. The number of nitrogens with zero attached hydrogens (tertiary/aromatic N) is 1. The number of hydrogen-bond donors (Lipinski definition) is 0. The number of aromatic nitrogens is 1. The van der Waals surface area contributed by atoms with Gasteiger partial charge in [-0.25, -0.2) is 0 Å². The molecular formula is C14H9Cl2I2NO3. The Morgan fingerprint density at radius 3 is 2.23 bits per heavy atom. The molecule has 2 rings (SSSR count). The van der Waals surface area contributed by atoms with Gasteiger partial charge in [0.05, 0.1) is 7.14 Å². The topological polar surface area (TPSA) is 48.3 Å². The predicted octanol–water partition coefficient (Wildman–Crippen LogP) is 4.11. The first-order valence-corrected chi connectivity index (χ1v) is 8.93. The maximum Gasteiger partial charge on any atom is 0.326 e. The second-order valence-electron chi connectivity index (χ2n) is 4.32. The minimum absolute atomic E-state index is 0.00568. The first-order chi connectivity index (χ1) is 10.4. The Bertz CT molecular complexity index is 731. The lowest BCUT2D eigenvalue weighted by Gasteiger charge is -2.10. The van der Waals surface area contributed by atoms with Crippen molar-refractivity contribution in [2.24, 2.45) is 0 Å². The quantitative estimate of drug-likeness (QED) is 0.416. The molecule has 1 aromatic heterocycles. The third kappa shape index (κ3) is 4.59. The number of rotatable bonds is 4. The molecule has 8 heteroatoms. The van der Waals surface area contributed by atoms with E-state index in [4.69, 9.17) is 27.9 Å². The van der Waals surface area contributed by atoms with Crippen molar-refractivity contribution in [2.75, 3.05) is 0 Å². The third-order valence-corrected chi connectivity index (χ3v) is 4.99. The summed E-state index contributed by atoms with van der Waals surface area (Å²) in [5, 5.41) is 0.903. The highest BCUT2D eigenvalue weighted by atomic mass is 127. The van der Waals surface area contributed by atoms with Crippen molar-refractivity contribution >= 4 is 74.4 Å². The van der Waals surface area contributed by atoms with Gasteiger partial charge in [0.2, 0.25) is 5.43 Å². The molecule has 0 saturated heterocycles. The summed E-state index contributed by atoms with van der Waals surface area (Å²) in [5.41, 5.74) is 0.525. The molecule has 0 unspecified atom stereocenters. The highest BCUT2D eigenvalue weighted by Crippen LogP contribution is 2.24. The third-order valence-electron chi connectivity index (χ3n) is 2.74. The Morgan fingerprint density at radius 1 is 1.14 bits per heavy atom. The van der Waals surface area contributed by atoms with Gasteiger partial charge in [0, 0.05) is 28.0 Å². The highest BCUT2D eigenvalue weighted by molar-refractivity contribution is 14.1. The zero-order valence-electron chi connectivity index (χ0n) is 11.0. The van der Waals surface area contributed by atoms with Gasteiger partial charge in [-0.2, -0.15) is 0 Å². The fraction of sp³-hybridized carbons (Fsp3) is 0.143. The van der Waals surface area contributed by atoms with Crippen molar-refractivity contribution in [3.8, 4) is 0 Å². The van der Waals surface area contributed by atoms with Crippen LogP contribution in [0, 0.1) is 7.14 Å². The largest absolute Gasteiger partial charge is 0.459 e. The van der Waals surface area contributed by atoms with E-state index < -0.39 is 5.97 Å². The Morgan fingerprint density at radius 2 is 1.68 bits per heavy atom. The van der Waals surface area contributed by atoms with Gasteiger partial charge in [-0.1, -0.05) is 29.3 Å². The maximum absolute atomic E-state index is 11.9. The SMILES string of the molecule is O=C(Cn1cc(I)c(=O)c(I)c1)OCc1c(Cl)cccc1Cl. The molecule has 4 nitrogen and oxygen atoms in total. The lowest BCUT2D eigenvalue weighted by Crippen LogP contribution is -2.18. The monoisotopic (exact) mass is 563 g/mol. The Balaban J connectivity index is 2.04. The zero-order valence-corrected chi connectivity index (χ0v) is 16.8. The first-order valence-electron chi connectivity index (χ1n) is 6.02. The summed E-state index contributed by atoms with van der Waals surface area (Å²) >= 11 is 15.9. The molecular weight excluding hydrogens is 555 g/mol. The van der Waals surface area contributed by atoms with E-state index in [1.54, 1.807) is 35.2 Å². The standard InChI is InChI=1S/C14H9Cl2I2NO3/c15-9-2-1-3-10(16)8(9)7-22-13(20)6-19-4-11(17)14(21)12(18)5-19/h1-5H,6-7H2. The predicted molar refractivity (Wildman–Crippen MR) is 102 cm³/mol. The summed E-state index contributed by atoms with van der Waals surface area (Å²) in [6, 6.07) is 5.09. The molecule has 2 aromatic rings. The average molecular weight is 564 g/mol. The van der Waals surface area contributed by atoms with Gasteiger partial charge in [-0.05, 0) is 57.3 Å². The molecule has 0 bridgehead atoms. The minimum atomic E-state index is -0.439. The summed E-state index contributed by atoms with van der Waals surface area (Å²) in [4.78, 5) is 23.5. The van der Waals surface area contributed by atoms with Crippen LogP contribution in [-0.2, 0) is 22.7 Å². The van der Waals surface area contributed by atoms with Gasteiger partial charge in [-0.3, -0.25) is 9.59 Å². The molecule has 0 amide bonds. The van der Waals surface area contributed by atoms with Gasteiger partial charge in [0.15, 0.2) is 0 Å². The number of pyridine rings is 1. The molecule has 0 N–H and O–H groups in total. The Hall–Kier alpha value is -0.320. The maximum atomic E-state index is 11.9. The fourth-order valence-electron chi connectivity index (χ4n) is 1.67. The molecule has 0 atom stereocenters. The van der Waals surface area contributed by atoms with Gasteiger partial charge in [-0.15, -0.1) is 0 Å². The Kier molecular flexibility index (Phi) is 6.54. The van der Waals surface area contributed by atoms with Gasteiger partial charge in [0.1, 0.15) is 13.2 Å². The van der Waals surface area contributed by atoms with Gasteiger partial charge >= 0.3 is 5.97 Å². The van der Waals surface area contributed by atoms with E-state index in [1.807, 2.05) is 45.2 Å². The summed E-state index contributed by atoms with van der Waals surface area (Å²) < 4.78 is 7.90.